The lowest BCUT2D eigenvalue weighted by Gasteiger charge is -2.15. The first-order valence-electron chi connectivity index (χ1n) is 8.29. The van der Waals surface area contributed by atoms with Gasteiger partial charge in [0, 0.05) is 29.0 Å². The number of rotatable bonds is 5. The second-order valence-electron chi connectivity index (χ2n) is 7.23. The van der Waals surface area contributed by atoms with Gasteiger partial charge in [0.25, 0.3) is 0 Å². The van der Waals surface area contributed by atoms with Crippen LogP contribution in [0.1, 0.15) is 37.0 Å². The molecule has 2 aromatic rings. The van der Waals surface area contributed by atoms with Crippen LogP contribution in [0, 0.1) is 5.41 Å². The van der Waals surface area contributed by atoms with Crippen LogP contribution in [0.5, 0.6) is 5.75 Å². The van der Waals surface area contributed by atoms with E-state index in [1.807, 2.05) is 12.1 Å². The van der Waals surface area contributed by atoms with E-state index in [0.717, 1.165) is 48.2 Å². The molecule has 1 heterocycles. The molecule has 0 bridgehead atoms. The lowest BCUT2D eigenvalue weighted by atomic mass is 9.96. The molecule has 0 unspecified atom stereocenters. The smallest absolute Gasteiger partial charge is 0.148 e. The summed E-state index contributed by atoms with van der Waals surface area (Å²) in [4.78, 5) is 0. The zero-order valence-electron chi connectivity index (χ0n) is 13.4. The molecule has 4 rings (SSSR count). The summed E-state index contributed by atoms with van der Waals surface area (Å²) in [6.45, 7) is 0.478. The number of hydrogen-bond acceptors (Lipinski definition) is 4. The summed E-state index contributed by atoms with van der Waals surface area (Å²) < 4.78 is 34.9. The van der Waals surface area contributed by atoms with Gasteiger partial charge in [0.05, 0.1) is 12.4 Å². The van der Waals surface area contributed by atoms with Gasteiger partial charge < -0.3 is 9.15 Å². The second-order valence-corrected chi connectivity index (χ2v) is 9.37. The van der Waals surface area contributed by atoms with Gasteiger partial charge in [0.15, 0.2) is 0 Å². The van der Waals surface area contributed by atoms with Crippen molar-refractivity contribution in [2.75, 3.05) is 18.6 Å². The molecule has 0 saturated heterocycles. The molecule has 4 nitrogen and oxygen atoms in total. The zero-order chi connectivity index (χ0) is 16.1. The van der Waals surface area contributed by atoms with Crippen LogP contribution in [0.15, 0.2) is 22.6 Å². The van der Waals surface area contributed by atoms with Crippen molar-refractivity contribution in [3.63, 3.8) is 0 Å². The lowest BCUT2D eigenvalue weighted by molar-refractivity contribution is 0.249. The Bertz CT molecular complexity index is 843. The van der Waals surface area contributed by atoms with E-state index in [4.69, 9.17) is 9.15 Å². The summed E-state index contributed by atoms with van der Waals surface area (Å²) in [6.07, 6.45) is 7.68. The highest BCUT2D eigenvalue weighted by Gasteiger charge is 2.46. The molecular weight excluding hydrogens is 312 g/mol. The van der Waals surface area contributed by atoms with Crippen molar-refractivity contribution in [2.24, 2.45) is 5.41 Å². The fraction of sp³-hybridized carbons (Fsp3) is 0.556. The van der Waals surface area contributed by atoms with Crippen molar-refractivity contribution in [1.29, 1.82) is 0 Å². The molecule has 0 aliphatic heterocycles. The molecule has 2 aliphatic rings. The molecule has 0 amide bonds. The van der Waals surface area contributed by atoms with Crippen molar-refractivity contribution < 1.29 is 17.6 Å². The molecule has 0 N–H and O–H groups in total. The molecule has 124 valence electrons. The minimum absolute atomic E-state index is 0.168. The van der Waals surface area contributed by atoms with E-state index in [9.17, 15) is 8.42 Å². The van der Waals surface area contributed by atoms with E-state index in [-0.39, 0.29) is 11.2 Å². The third kappa shape index (κ3) is 3.11. The van der Waals surface area contributed by atoms with E-state index in [1.54, 1.807) is 0 Å². The molecule has 0 spiro atoms. The summed E-state index contributed by atoms with van der Waals surface area (Å²) in [7, 11) is -2.96. The van der Waals surface area contributed by atoms with Gasteiger partial charge in [-0.25, -0.2) is 8.42 Å². The number of aryl methyl sites for hydroxylation is 2. The van der Waals surface area contributed by atoms with Crippen LogP contribution in [-0.2, 0) is 22.7 Å². The van der Waals surface area contributed by atoms with E-state index < -0.39 is 9.84 Å². The molecule has 1 aromatic heterocycles. The summed E-state index contributed by atoms with van der Waals surface area (Å²) in [5.74, 6) is 2.16. The molecular formula is C18H22O4S. The highest BCUT2D eigenvalue weighted by molar-refractivity contribution is 7.90. The zero-order valence-corrected chi connectivity index (χ0v) is 14.2. The van der Waals surface area contributed by atoms with Gasteiger partial charge in [-0.05, 0) is 50.3 Å². The fourth-order valence-corrected chi connectivity index (χ4v) is 5.12. The highest BCUT2D eigenvalue weighted by atomic mass is 32.2. The topological polar surface area (TPSA) is 56.5 Å². The van der Waals surface area contributed by atoms with Crippen LogP contribution >= 0.6 is 0 Å². The van der Waals surface area contributed by atoms with E-state index >= 15 is 0 Å². The number of sulfone groups is 1. The van der Waals surface area contributed by atoms with Crippen LogP contribution in [0.2, 0.25) is 0 Å². The molecule has 1 aromatic carbocycles. The highest BCUT2D eigenvalue weighted by Crippen LogP contribution is 2.47. The van der Waals surface area contributed by atoms with Crippen LogP contribution in [0.25, 0.3) is 11.0 Å². The Morgan fingerprint density at radius 3 is 2.74 bits per heavy atom. The largest absolute Gasteiger partial charge is 0.493 e. The van der Waals surface area contributed by atoms with Crippen molar-refractivity contribution in [3.05, 3.63) is 29.5 Å². The quantitative estimate of drug-likeness (QED) is 0.839. The number of hydrogen-bond donors (Lipinski definition) is 0. The predicted molar refractivity (Wildman–Crippen MR) is 89.7 cm³/mol. The minimum atomic E-state index is -2.96. The molecule has 5 heteroatoms. The number of benzene rings is 1. The average Bonchev–Trinajstić information content (AvgIpc) is 3.14. The standard InChI is InChI=1S/C18H22O4S/c1-23(19,20)12-18(8-9-18)11-21-13-6-7-17-15(10-13)14-4-2-3-5-16(14)22-17/h6-7,10H,2-5,8-9,11-12H2,1H3. The molecule has 1 fully saturated rings. The van der Waals surface area contributed by atoms with Crippen molar-refractivity contribution >= 4 is 20.8 Å². The molecule has 23 heavy (non-hydrogen) atoms. The normalized spacial score (nSPS) is 19.5. The van der Waals surface area contributed by atoms with Gasteiger partial charge >= 0.3 is 0 Å². The van der Waals surface area contributed by atoms with E-state index in [1.165, 1.54) is 24.7 Å². The second kappa shape index (κ2) is 5.26. The van der Waals surface area contributed by atoms with Gasteiger partial charge in [-0.2, -0.15) is 0 Å². The number of ether oxygens (including phenoxy) is 1. The first-order valence-corrected chi connectivity index (χ1v) is 10.4. The number of furan rings is 1. The maximum atomic E-state index is 11.5. The Hall–Kier alpha value is -1.49. The maximum absolute atomic E-state index is 11.5. The van der Waals surface area contributed by atoms with Crippen molar-refractivity contribution in [2.45, 2.75) is 38.5 Å². The molecule has 0 atom stereocenters. The average molecular weight is 334 g/mol. The Balaban J connectivity index is 1.53. The third-order valence-electron chi connectivity index (χ3n) is 5.00. The Morgan fingerprint density at radius 2 is 2.00 bits per heavy atom. The molecule has 0 radical (unpaired) electrons. The first-order chi connectivity index (χ1) is 10.9. The lowest BCUT2D eigenvalue weighted by Crippen LogP contribution is -2.22. The van der Waals surface area contributed by atoms with E-state index in [2.05, 4.69) is 6.07 Å². The molecule has 2 aliphatic carbocycles. The van der Waals surface area contributed by atoms with Gasteiger partial charge in [-0.3, -0.25) is 0 Å². The minimum Gasteiger partial charge on any atom is -0.493 e. The van der Waals surface area contributed by atoms with Crippen LogP contribution in [-0.4, -0.2) is 27.0 Å². The summed E-state index contributed by atoms with van der Waals surface area (Å²) in [5, 5.41) is 1.16. The maximum Gasteiger partial charge on any atom is 0.148 e. The van der Waals surface area contributed by atoms with Crippen LogP contribution < -0.4 is 4.74 Å². The van der Waals surface area contributed by atoms with E-state index in [0.29, 0.717) is 6.61 Å². The van der Waals surface area contributed by atoms with Gasteiger partial charge in [-0.15, -0.1) is 0 Å². The van der Waals surface area contributed by atoms with Gasteiger partial charge in [-0.1, -0.05) is 0 Å². The fourth-order valence-electron chi connectivity index (χ4n) is 3.63. The predicted octanol–water partition coefficient (Wildman–Crippen LogP) is 3.52. The Kier molecular flexibility index (Phi) is 3.45. The Morgan fingerprint density at radius 1 is 1.22 bits per heavy atom. The summed E-state index contributed by atoms with van der Waals surface area (Å²) >= 11 is 0. The van der Waals surface area contributed by atoms with Crippen LogP contribution in [0.4, 0.5) is 0 Å². The van der Waals surface area contributed by atoms with Gasteiger partial charge in [0.1, 0.15) is 26.9 Å². The monoisotopic (exact) mass is 334 g/mol. The van der Waals surface area contributed by atoms with Crippen molar-refractivity contribution in [1.82, 2.24) is 0 Å². The van der Waals surface area contributed by atoms with Crippen LogP contribution in [0.3, 0.4) is 0 Å². The van der Waals surface area contributed by atoms with Crippen molar-refractivity contribution in [3.8, 4) is 5.75 Å². The third-order valence-corrected chi connectivity index (χ3v) is 6.13. The van der Waals surface area contributed by atoms with Gasteiger partial charge in [0.2, 0.25) is 0 Å². The SMILES string of the molecule is CS(=O)(=O)CC1(COc2ccc3oc4c(c3c2)CCCC4)CC1. The summed E-state index contributed by atoms with van der Waals surface area (Å²) in [6, 6.07) is 5.95. The number of fused-ring (bicyclic) bond motifs is 3. The summed E-state index contributed by atoms with van der Waals surface area (Å²) in [5.41, 5.74) is 2.09. The first kappa shape index (κ1) is 15.1. The Labute approximate surface area is 136 Å². The molecule has 1 saturated carbocycles.